The van der Waals surface area contributed by atoms with Gasteiger partial charge in [0.05, 0.1) is 0 Å². The SMILES string of the molecule is CCCC/C=C\CCCCCCCCCCCCCCCCCCCCCCCC(=O)O. The number of aliphatic carboxylic acids is 1. The zero-order valence-corrected chi connectivity index (χ0v) is 21.9. The van der Waals surface area contributed by atoms with E-state index in [9.17, 15) is 4.79 Å². The Kier molecular flexibility index (Phi) is 27.5. The molecule has 0 spiro atoms. The molecule has 0 radical (unpaired) electrons. The minimum absolute atomic E-state index is 0.345. The summed E-state index contributed by atoms with van der Waals surface area (Å²) in [7, 11) is 0. The normalized spacial score (nSPS) is 11.5. The van der Waals surface area contributed by atoms with Crippen LogP contribution in [0, 0.1) is 0 Å². The van der Waals surface area contributed by atoms with Crippen LogP contribution in [0.4, 0.5) is 0 Å². The van der Waals surface area contributed by atoms with Crippen molar-refractivity contribution in [3.05, 3.63) is 12.2 Å². The summed E-state index contributed by atoms with van der Waals surface area (Å²) in [6, 6.07) is 0. The maximum Gasteiger partial charge on any atom is 0.303 e. The lowest BCUT2D eigenvalue weighted by Crippen LogP contribution is -1.93. The molecule has 0 fully saturated rings. The highest BCUT2D eigenvalue weighted by atomic mass is 16.4. The number of hydrogen-bond acceptors (Lipinski definition) is 1. The predicted octanol–water partition coefficient (Wildman–Crippen LogP) is 10.8. The Morgan fingerprint density at radius 2 is 0.750 bits per heavy atom. The predicted molar refractivity (Wildman–Crippen MR) is 142 cm³/mol. The van der Waals surface area contributed by atoms with Crippen molar-refractivity contribution in [1.82, 2.24) is 0 Å². The lowest BCUT2D eigenvalue weighted by molar-refractivity contribution is -0.137. The zero-order chi connectivity index (χ0) is 23.4. The van der Waals surface area contributed by atoms with Crippen molar-refractivity contribution in [2.24, 2.45) is 0 Å². The summed E-state index contributed by atoms with van der Waals surface area (Å²) >= 11 is 0. The second-order valence-corrected chi connectivity index (χ2v) is 9.97. The monoisotopic (exact) mass is 450 g/mol. The molecule has 0 aromatic rings. The fourth-order valence-corrected chi connectivity index (χ4v) is 4.45. The topological polar surface area (TPSA) is 37.3 Å². The van der Waals surface area contributed by atoms with E-state index >= 15 is 0 Å². The quantitative estimate of drug-likeness (QED) is 0.0997. The van der Waals surface area contributed by atoms with Crippen molar-refractivity contribution < 1.29 is 9.90 Å². The summed E-state index contributed by atoms with van der Waals surface area (Å²) in [5.74, 6) is -0.650. The van der Waals surface area contributed by atoms with Gasteiger partial charge in [0.25, 0.3) is 0 Å². The molecule has 2 heteroatoms. The van der Waals surface area contributed by atoms with Crippen molar-refractivity contribution in [2.45, 2.75) is 174 Å². The first-order valence-electron chi connectivity index (χ1n) is 14.6. The molecule has 0 saturated carbocycles. The van der Waals surface area contributed by atoms with Gasteiger partial charge in [-0.25, -0.2) is 0 Å². The lowest BCUT2D eigenvalue weighted by Gasteiger charge is -2.04. The highest BCUT2D eigenvalue weighted by Crippen LogP contribution is 2.15. The van der Waals surface area contributed by atoms with E-state index in [1.54, 1.807) is 0 Å². The number of carbonyl (C=O) groups is 1. The van der Waals surface area contributed by atoms with Crippen LogP contribution >= 0.6 is 0 Å². The van der Waals surface area contributed by atoms with E-state index in [1.807, 2.05) is 0 Å². The van der Waals surface area contributed by atoms with Gasteiger partial charge < -0.3 is 5.11 Å². The Hall–Kier alpha value is -0.790. The molecule has 0 rings (SSSR count). The molecule has 0 heterocycles. The first-order chi connectivity index (χ1) is 15.8. The van der Waals surface area contributed by atoms with Crippen LogP contribution < -0.4 is 0 Å². The van der Waals surface area contributed by atoms with Gasteiger partial charge in [0, 0.05) is 6.42 Å². The van der Waals surface area contributed by atoms with Crippen molar-refractivity contribution in [2.75, 3.05) is 0 Å². The number of allylic oxidation sites excluding steroid dienone is 2. The van der Waals surface area contributed by atoms with Gasteiger partial charge in [-0.2, -0.15) is 0 Å². The Labute approximate surface area is 202 Å². The van der Waals surface area contributed by atoms with Gasteiger partial charge in [-0.1, -0.05) is 154 Å². The summed E-state index contributed by atoms with van der Waals surface area (Å²) in [4.78, 5) is 10.4. The first-order valence-corrected chi connectivity index (χ1v) is 14.6. The van der Waals surface area contributed by atoms with Gasteiger partial charge >= 0.3 is 5.97 Å². The van der Waals surface area contributed by atoms with Gasteiger partial charge in [0.15, 0.2) is 0 Å². The molecule has 0 atom stereocenters. The maximum atomic E-state index is 10.4. The lowest BCUT2D eigenvalue weighted by atomic mass is 10.0. The van der Waals surface area contributed by atoms with Crippen molar-refractivity contribution >= 4 is 5.97 Å². The van der Waals surface area contributed by atoms with Crippen LogP contribution in [0.5, 0.6) is 0 Å². The van der Waals surface area contributed by atoms with Crippen LogP contribution in [0.2, 0.25) is 0 Å². The standard InChI is InChI=1S/C30H58O2/c1-2-3-4-5-6-7-8-9-10-11-12-13-14-15-16-17-18-19-20-21-22-23-24-25-26-27-28-29-30(31)32/h5-6H,2-4,7-29H2,1H3,(H,31,32)/b6-5-. The summed E-state index contributed by atoms with van der Waals surface area (Å²) in [6.07, 6.45) is 39.0. The maximum absolute atomic E-state index is 10.4. The zero-order valence-electron chi connectivity index (χ0n) is 21.9. The summed E-state index contributed by atoms with van der Waals surface area (Å²) in [5.41, 5.74) is 0. The molecule has 0 bridgehead atoms. The third-order valence-electron chi connectivity index (χ3n) is 6.65. The average Bonchev–Trinajstić information content (AvgIpc) is 2.78. The van der Waals surface area contributed by atoms with E-state index in [0.29, 0.717) is 6.42 Å². The first kappa shape index (κ1) is 31.2. The van der Waals surface area contributed by atoms with Crippen LogP contribution in [0.25, 0.3) is 0 Å². The highest BCUT2D eigenvalue weighted by molar-refractivity contribution is 5.66. The van der Waals surface area contributed by atoms with Gasteiger partial charge in [-0.3, -0.25) is 4.79 Å². The molecule has 0 aromatic carbocycles. The smallest absolute Gasteiger partial charge is 0.303 e. The van der Waals surface area contributed by atoms with E-state index in [2.05, 4.69) is 19.1 Å². The van der Waals surface area contributed by atoms with Crippen LogP contribution in [0.15, 0.2) is 12.2 Å². The van der Waals surface area contributed by atoms with Crippen LogP contribution in [0.3, 0.4) is 0 Å². The average molecular weight is 451 g/mol. The van der Waals surface area contributed by atoms with Gasteiger partial charge in [0.1, 0.15) is 0 Å². The van der Waals surface area contributed by atoms with Crippen LogP contribution in [-0.2, 0) is 4.79 Å². The minimum Gasteiger partial charge on any atom is -0.481 e. The molecule has 0 unspecified atom stereocenters. The number of carboxylic acid groups (broad SMARTS) is 1. The van der Waals surface area contributed by atoms with Crippen molar-refractivity contribution in [3.8, 4) is 0 Å². The van der Waals surface area contributed by atoms with Crippen molar-refractivity contribution in [1.29, 1.82) is 0 Å². The highest BCUT2D eigenvalue weighted by Gasteiger charge is 1.97. The van der Waals surface area contributed by atoms with E-state index in [1.165, 1.54) is 148 Å². The molecule has 2 nitrogen and oxygen atoms in total. The number of unbranched alkanes of at least 4 members (excludes halogenated alkanes) is 23. The number of rotatable bonds is 27. The molecule has 0 amide bonds. The van der Waals surface area contributed by atoms with E-state index in [4.69, 9.17) is 5.11 Å². The molecule has 0 saturated heterocycles. The molecular weight excluding hydrogens is 392 g/mol. The molecule has 0 aliphatic heterocycles. The van der Waals surface area contributed by atoms with Crippen molar-refractivity contribution in [3.63, 3.8) is 0 Å². The molecule has 1 N–H and O–H groups in total. The largest absolute Gasteiger partial charge is 0.481 e. The Morgan fingerprint density at radius 1 is 0.469 bits per heavy atom. The fourth-order valence-electron chi connectivity index (χ4n) is 4.45. The Morgan fingerprint density at radius 3 is 1.06 bits per heavy atom. The molecule has 190 valence electrons. The molecule has 0 aliphatic rings. The minimum atomic E-state index is -0.650. The van der Waals surface area contributed by atoms with E-state index in [-0.39, 0.29) is 0 Å². The molecule has 32 heavy (non-hydrogen) atoms. The van der Waals surface area contributed by atoms with Crippen LogP contribution in [-0.4, -0.2) is 11.1 Å². The van der Waals surface area contributed by atoms with Gasteiger partial charge in [-0.15, -0.1) is 0 Å². The van der Waals surface area contributed by atoms with E-state index < -0.39 is 5.97 Å². The second kappa shape index (κ2) is 28.2. The molecular formula is C30H58O2. The van der Waals surface area contributed by atoms with Crippen LogP contribution in [0.1, 0.15) is 174 Å². The molecule has 0 aromatic heterocycles. The third kappa shape index (κ3) is 29.2. The third-order valence-corrected chi connectivity index (χ3v) is 6.65. The number of hydrogen-bond donors (Lipinski definition) is 1. The summed E-state index contributed by atoms with van der Waals surface area (Å²) in [5, 5.41) is 8.60. The van der Waals surface area contributed by atoms with Gasteiger partial charge in [-0.05, 0) is 25.7 Å². The summed E-state index contributed by atoms with van der Waals surface area (Å²) < 4.78 is 0. The summed E-state index contributed by atoms with van der Waals surface area (Å²) in [6.45, 7) is 2.26. The van der Waals surface area contributed by atoms with E-state index in [0.717, 1.165) is 12.8 Å². The Bertz CT molecular complexity index is 388. The fraction of sp³-hybridized carbons (Fsp3) is 0.900. The second-order valence-electron chi connectivity index (χ2n) is 9.97. The molecule has 0 aliphatic carbocycles. The number of carboxylic acids is 1. The Balaban J connectivity index is 3.04. The van der Waals surface area contributed by atoms with Gasteiger partial charge in [0.2, 0.25) is 0 Å².